The van der Waals surface area contributed by atoms with Gasteiger partial charge < -0.3 is 5.32 Å². The molecule has 19 heavy (non-hydrogen) atoms. The highest BCUT2D eigenvalue weighted by molar-refractivity contribution is 9.10. The molecule has 0 bridgehead atoms. The van der Waals surface area contributed by atoms with Gasteiger partial charge in [-0.2, -0.15) is 0 Å². The Morgan fingerprint density at radius 3 is 2.63 bits per heavy atom. The fourth-order valence-corrected chi connectivity index (χ4v) is 4.68. The van der Waals surface area contributed by atoms with Crippen LogP contribution in [0.4, 0.5) is 0 Å². The van der Waals surface area contributed by atoms with E-state index in [2.05, 4.69) is 53.5 Å². The Bertz CT molecular complexity index is 389. The van der Waals surface area contributed by atoms with Gasteiger partial charge in [0.2, 0.25) is 0 Å². The van der Waals surface area contributed by atoms with Gasteiger partial charge in [-0.15, -0.1) is 11.3 Å². The standard InChI is InChI=1S/C16H26BrNS/c1-4-18-15(10-14-9-13(17)11-19-14)12-5-7-16(2,3)8-6-12/h9,11-12,15,18H,4-8,10H2,1-3H3. The molecule has 1 aromatic heterocycles. The number of likely N-dealkylation sites (N-methyl/N-ethyl adjacent to an activating group) is 1. The van der Waals surface area contributed by atoms with E-state index >= 15 is 0 Å². The van der Waals surface area contributed by atoms with Crippen molar-refractivity contribution in [1.29, 1.82) is 0 Å². The summed E-state index contributed by atoms with van der Waals surface area (Å²) in [6.45, 7) is 8.14. The second-order valence-electron chi connectivity index (χ2n) is 6.60. The lowest BCUT2D eigenvalue weighted by atomic mass is 9.70. The summed E-state index contributed by atoms with van der Waals surface area (Å²) in [6, 6.07) is 2.94. The van der Waals surface area contributed by atoms with Gasteiger partial charge in [-0.3, -0.25) is 0 Å². The molecule has 0 radical (unpaired) electrons. The monoisotopic (exact) mass is 343 g/mol. The van der Waals surface area contributed by atoms with Gasteiger partial charge in [0.25, 0.3) is 0 Å². The average molecular weight is 344 g/mol. The van der Waals surface area contributed by atoms with Crippen LogP contribution in [0.25, 0.3) is 0 Å². The number of thiophene rings is 1. The number of hydrogen-bond acceptors (Lipinski definition) is 2. The van der Waals surface area contributed by atoms with Crippen LogP contribution < -0.4 is 5.32 Å². The largest absolute Gasteiger partial charge is 0.314 e. The molecule has 0 aliphatic heterocycles. The smallest absolute Gasteiger partial charge is 0.0285 e. The van der Waals surface area contributed by atoms with E-state index in [1.165, 1.54) is 41.5 Å². The van der Waals surface area contributed by atoms with Crippen molar-refractivity contribution in [1.82, 2.24) is 5.32 Å². The van der Waals surface area contributed by atoms with Gasteiger partial charge >= 0.3 is 0 Å². The molecule has 1 atom stereocenters. The van der Waals surface area contributed by atoms with Crippen molar-refractivity contribution in [3.05, 3.63) is 20.8 Å². The highest BCUT2D eigenvalue weighted by atomic mass is 79.9. The van der Waals surface area contributed by atoms with Crippen LogP contribution in [0.15, 0.2) is 15.9 Å². The number of halogens is 1. The Kier molecular flexibility index (Phi) is 5.50. The van der Waals surface area contributed by atoms with E-state index in [0.717, 1.165) is 12.5 Å². The Morgan fingerprint density at radius 2 is 2.11 bits per heavy atom. The first-order valence-electron chi connectivity index (χ1n) is 7.46. The van der Waals surface area contributed by atoms with E-state index < -0.39 is 0 Å². The number of nitrogens with one attached hydrogen (secondary N) is 1. The van der Waals surface area contributed by atoms with Gasteiger partial charge in [-0.25, -0.2) is 0 Å². The van der Waals surface area contributed by atoms with Crippen molar-refractivity contribution >= 4 is 27.3 Å². The summed E-state index contributed by atoms with van der Waals surface area (Å²) in [5.41, 5.74) is 0.569. The molecule has 2 rings (SSSR count). The SMILES string of the molecule is CCNC(Cc1cc(Br)cs1)C1CCC(C)(C)CC1. The van der Waals surface area contributed by atoms with Crippen molar-refractivity contribution in [2.45, 2.75) is 58.9 Å². The first-order chi connectivity index (χ1) is 9.00. The highest BCUT2D eigenvalue weighted by Crippen LogP contribution is 2.40. The molecule has 1 N–H and O–H groups in total. The second-order valence-corrected chi connectivity index (χ2v) is 8.51. The van der Waals surface area contributed by atoms with Crippen molar-refractivity contribution in [2.75, 3.05) is 6.54 Å². The summed E-state index contributed by atoms with van der Waals surface area (Å²) in [5.74, 6) is 0.855. The van der Waals surface area contributed by atoms with E-state index in [9.17, 15) is 0 Å². The van der Waals surface area contributed by atoms with Crippen LogP contribution in [0.5, 0.6) is 0 Å². The van der Waals surface area contributed by atoms with E-state index in [4.69, 9.17) is 0 Å². The molecule has 108 valence electrons. The Labute approximate surface area is 130 Å². The molecule has 1 aromatic rings. The molecular weight excluding hydrogens is 318 g/mol. The van der Waals surface area contributed by atoms with Gasteiger partial charge in [0.1, 0.15) is 0 Å². The maximum absolute atomic E-state index is 3.73. The van der Waals surface area contributed by atoms with Crippen molar-refractivity contribution < 1.29 is 0 Å². The topological polar surface area (TPSA) is 12.0 Å². The normalized spacial score (nSPS) is 21.5. The van der Waals surface area contributed by atoms with Gasteiger partial charge in [-0.05, 0) is 72.0 Å². The number of hydrogen-bond donors (Lipinski definition) is 1. The second kappa shape index (κ2) is 6.73. The van der Waals surface area contributed by atoms with Crippen molar-refractivity contribution in [3.8, 4) is 0 Å². The molecule has 0 spiro atoms. The lowest BCUT2D eigenvalue weighted by Gasteiger charge is -2.38. The number of rotatable bonds is 5. The molecule has 1 heterocycles. The Morgan fingerprint density at radius 1 is 1.42 bits per heavy atom. The molecule has 3 heteroatoms. The summed E-state index contributed by atoms with van der Waals surface area (Å²) in [5, 5.41) is 5.93. The van der Waals surface area contributed by atoms with E-state index in [0.29, 0.717) is 11.5 Å². The minimum atomic E-state index is 0.569. The zero-order valence-electron chi connectivity index (χ0n) is 12.3. The first kappa shape index (κ1) is 15.5. The summed E-state index contributed by atoms with van der Waals surface area (Å²) in [4.78, 5) is 1.50. The predicted octanol–water partition coefficient (Wildman–Crippen LogP) is 5.25. The van der Waals surface area contributed by atoms with E-state index in [1.54, 1.807) is 0 Å². The lowest BCUT2D eigenvalue weighted by Crippen LogP contribution is -2.40. The zero-order chi connectivity index (χ0) is 13.9. The molecule has 0 saturated heterocycles. The molecule has 1 aliphatic rings. The minimum Gasteiger partial charge on any atom is -0.314 e. The van der Waals surface area contributed by atoms with Crippen LogP contribution in [0.1, 0.15) is 51.3 Å². The molecule has 1 fully saturated rings. The highest BCUT2D eigenvalue weighted by Gasteiger charge is 2.31. The van der Waals surface area contributed by atoms with Crippen LogP contribution >= 0.6 is 27.3 Å². The average Bonchev–Trinajstić information content (AvgIpc) is 2.74. The van der Waals surface area contributed by atoms with Gasteiger partial charge in [0.05, 0.1) is 0 Å². The van der Waals surface area contributed by atoms with Crippen molar-refractivity contribution in [3.63, 3.8) is 0 Å². The Balaban J connectivity index is 1.96. The fraction of sp³-hybridized carbons (Fsp3) is 0.750. The maximum atomic E-state index is 3.73. The molecular formula is C16H26BrNS. The molecule has 1 unspecified atom stereocenters. The lowest BCUT2D eigenvalue weighted by molar-refractivity contribution is 0.161. The van der Waals surface area contributed by atoms with E-state index in [-0.39, 0.29) is 0 Å². The third-order valence-corrected chi connectivity index (χ3v) is 6.18. The van der Waals surface area contributed by atoms with Gasteiger partial charge in [0, 0.05) is 20.8 Å². The maximum Gasteiger partial charge on any atom is 0.0285 e. The summed E-state index contributed by atoms with van der Waals surface area (Å²) < 4.78 is 1.23. The molecule has 1 saturated carbocycles. The summed E-state index contributed by atoms with van der Waals surface area (Å²) >= 11 is 5.44. The van der Waals surface area contributed by atoms with Gasteiger partial charge in [0.15, 0.2) is 0 Å². The third-order valence-electron chi connectivity index (χ3n) is 4.46. The van der Waals surface area contributed by atoms with Crippen LogP contribution in [0.2, 0.25) is 0 Å². The van der Waals surface area contributed by atoms with Crippen LogP contribution in [-0.2, 0) is 6.42 Å². The Hall–Kier alpha value is 0.140. The zero-order valence-corrected chi connectivity index (χ0v) is 14.7. The van der Waals surface area contributed by atoms with Crippen LogP contribution in [-0.4, -0.2) is 12.6 Å². The minimum absolute atomic E-state index is 0.569. The predicted molar refractivity (Wildman–Crippen MR) is 88.9 cm³/mol. The third kappa shape index (κ3) is 4.57. The molecule has 0 aromatic carbocycles. The first-order valence-corrected chi connectivity index (χ1v) is 9.14. The van der Waals surface area contributed by atoms with E-state index in [1.807, 2.05) is 11.3 Å². The molecule has 1 aliphatic carbocycles. The molecule has 1 nitrogen and oxygen atoms in total. The van der Waals surface area contributed by atoms with Crippen molar-refractivity contribution in [2.24, 2.45) is 11.3 Å². The fourth-order valence-electron chi connectivity index (χ4n) is 3.17. The quantitative estimate of drug-likeness (QED) is 0.769. The van der Waals surface area contributed by atoms with Gasteiger partial charge in [-0.1, -0.05) is 20.8 Å². The summed E-state index contributed by atoms with van der Waals surface area (Å²) in [6.07, 6.45) is 6.73. The summed E-state index contributed by atoms with van der Waals surface area (Å²) in [7, 11) is 0. The van der Waals surface area contributed by atoms with Crippen LogP contribution in [0.3, 0.4) is 0 Å². The van der Waals surface area contributed by atoms with Crippen LogP contribution in [0, 0.1) is 11.3 Å². The molecule has 0 amide bonds.